The molecule has 0 unspecified atom stereocenters. The van der Waals surface area contributed by atoms with Gasteiger partial charge in [-0.2, -0.15) is 4.31 Å². The van der Waals surface area contributed by atoms with Gasteiger partial charge in [-0.15, -0.1) is 0 Å². The fourth-order valence-electron chi connectivity index (χ4n) is 1.86. The summed E-state index contributed by atoms with van der Waals surface area (Å²) in [4.78, 5) is 11.4. The van der Waals surface area contributed by atoms with E-state index in [0.29, 0.717) is 18.7 Å². The van der Waals surface area contributed by atoms with E-state index in [0.717, 1.165) is 0 Å². The Bertz CT molecular complexity index is 560. The minimum atomic E-state index is -3.52. The number of carbonyl (C=O) groups excluding carboxylic acids is 1. The summed E-state index contributed by atoms with van der Waals surface area (Å²) in [5, 5.41) is 8.89. The molecule has 0 saturated carbocycles. The van der Waals surface area contributed by atoms with Crippen molar-refractivity contribution in [2.75, 3.05) is 26.8 Å². The zero-order valence-corrected chi connectivity index (χ0v) is 11.3. The van der Waals surface area contributed by atoms with E-state index in [9.17, 15) is 13.2 Å². The third-order valence-corrected chi connectivity index (χ3v) is 4.94. The van der Waals surface area contributed by atoms with Crippen LogP contribution in [0.2, 0.25) is 0 Å². The van der Waals surface area contributed by atoms with Crippen LogP contribution in [0.5, 0.6) is 0 Å². The molecule has 104 valence electrons. The van der Waals surface area contributed by atoms with Crippen LogP contribution in [0.3, 0.4) is 0 Å². The number of carbonyl (C=O) groups is 1. The second-order valence-corrected chi connectivity index (χ2v) is 6.32. The third-order valence-electron chi connectivity index (χ3n) is 3.10. The van der Waals surface area contributed by atoms with Gasteiger partial charge in [-0.25, -0.2) is 13.2 Å². The van der Waals surface area contributed by atoms with Crippen LogP contribution < -0.4 is 0 Å². The topological polar surface area (TPSA) is 83.9 Å². The quantitative estimate of drug-likeness (QED) is 0.792. The van der Waals surface area contributed by atoms with Crippen LogP contribution in [0.25, 0.3) is 0 Å². The van der Waals surface area contributed by atoms with Crippen molar-refractivity contribution in [3.05, 3.63) is 29.8 Å². The zero-order chi connectivity index (χ0) is 14.0. The SMILES string of the molecule is COC(=O)c1ccc(S(=O)(=O)N2CC(CO)C2)cc1. The van der Waals surface area contributed by atoms with Gasteiger partial charge < -0.3 is 9.84 Å². The number of aliphatic hydroxyl groups excluding tert-OH is 1. The van der Waals surface area contributed by atoms with Gasteiger partial charge in [-0.05, 0) is 24.3 Å². The molecule has 1 aromatic rings. The van der Waals surface area contributed by atoms with Gasteiger partial charge >= 0.3 is 5.97 Å². The fourth-order valence-corrected chi connectivity index (χ4v) is 3.46. The number of ether oxygens (including phenoxy) is 1. The lowest BCUT2D eigenvalue weighted by Gasteiger charge is -2.36. The highest BCUT2D eigenvalue weighted by molar-refractivity contribution is 7.89. The van der Waals surface area contributed by atoms with E-state index >= 15 is 0 Å². The summed E-state index contributed by atoms with van der Waals surface area (Å²) in [6.07, 6.45) is 0. The molecule has 0 spiro atoms. The maximum atomic E-state index is 12.2. The lowest BCUT2D eigenvalue weighted by atomic mass is 10.1. The molecule has 7 heteroatoms. The zero-order valence-electron chi connectivity index (χ0n) is 10.4. The highest BCUT2D eigenvalue weighted by Gasteiger charge is 2.36. The van der Waals surface area contributed by atoms with Crippen molar-refractivity contribution < 1.29 is 23.1 Å². The van der Waals surface area contributed by atoms with E-state index in [1.807, 2.05) is 0 Å². The summed E-state index contributed by atoms with van der Waals surface area (Å²) in [6, 6.07) is 5.60. The number of hydrogen-bond donors (Lipinski definition) is 1. The minimum absolute atomic E-state index is 0.00665. The first-order chi connectivity index (χ1) is 8.98. The monoisotopic (exact) mass is 285 g/mol. The minimum Gasteiger partial charge on any atom is -0.465 e. The molecule has 6 nitrogen and oxygen atoms in total. The first-order valence-electron chi connectivity index (χ1n) is 5.78. The van der Waals surface area contributed by atoms with E-state index in [1.54, 1.807) is 0 Å². The lowest BCUT2D eigenvalue weighted by molar-refractivity contribution is 0.0600. The van der Waals surface area contributed by atoms with Crippen LogP contribution in [-0.4, -0.2) is 50.6 Å². The van der Waals surface area contributed by atoms with Crippen molar-refractivity contribution >= 4 is 16.0 Å². The van der Waals surface area contributed by atoms with Gasteiger partial charge in [0.15, 0.2) is 0 Å². The summed E-state index contributed by atoms with van der Waals surface area (Å²) < 4.78 is 30.2. The number of benzene rings is 1. The Morgan fingerprint density at radius 1 is 1.37 bits per heavy atom. The maximum Gasteiger partial charge on any atom is 0.337 e. The molecule has 0 radical (unpaired) electrons. The number of hydrogen-bond acceptors (Lipinski definition) is 5. The van der Waals surface area contributed by atoms with E-state index in [4.69, 9.17) is 5.11 Å². The first-order valence-corrected chi connectivity index (χ1v) is 7.22. The summed E-state index contributed by atoms with van der Waals surface area (Å²) in [6.45, 7) is 0.655. The number of methoxy groups -OCH3 is 1. The Balaban J connectivity index is 2.16. The van der Waals surface area contributed by atoms with Crippen LogP contribution in [0, 0.1) is 5.92 Å². The van der Waals surface area contributed by atoms with Crippen molar-refractivity contribution in [2.45, 2.75) is 4.90 Å². The molecule has 0 atom stereocenters. The van der Waals surface area contributed by atoms with Crippen LogP contribution >= 0.6 is 0 Å². The molecule has 1 saturated heterocycles. The normalized spacial score (nSPS) is 16.9. The van der Waals surface area contributed by atoms with Crippen molar-refractivity contribution in [1.29, 1.82) is 0 Å². The Kier molecular flexibility index (Phi) is 3.88. The van der Waals surface area contributed by atoms with Crippen molar-refractivity contribution in [3.63, 3.8) is 0 Å². The molecule has 0 bridgehead atoms. The van der Waals surface area contributed by atoms with Crippen molar-refractivity contribution in [3.8, 4) is 0 Å². The number of aliphatic hydroxyl groups is 1. The summed E-state index contributed by atoms with van der Waals surface area (Å²) in [7, 11) is -2.26. The molecular weight excluding hydrogens is 270 g/mol. The van der Waals surface area contributed by atoms with E-state index in [-0.39, 0.29) is 17.4 Å². The molecule has 1 aliphatic heterocycles. The second kappa shape index (κ2) is 5.28. The van der Waals surface area contributed by atoms with Gasteiger partial charge in [0.1, 0.15) is 0 Å². The Morgan fingerprint density at radius 3 is 2.42 bits per heavy atom. The van der Waals surface area contributed by atoms with Gasteiger partial charge in [0.05, 0.1) is 17.6 Å². The van der Waals surface area contributed by atoms with Gasteiger partial charge in [-0.3, -0.25) is 0 Å². The standard InChI is InChI=1S/C12H15NO5S/c1-18-12(15)10-2-4-11(5-3-10)19(16,17)13-6-9(7-13)8-14/h2-5,9,14H,6-8H2,1H3. The third kappa shape index (κ3) is 2.63. The molecule has 0 aliphatic carbocycles. The molecule has 0 amide bonds. The predicted molar refractivity (Wildman–Crippen MR) is 67.1 cm³/mol. The Morgan fingerprint density at radius 2 is 1.95 bits per heavy atom. The van der Waals surface area contributed by atoms with E-state index in [2.05, 4.69) is 4.74 Å². The number of sulfonamides is 1. The van der Waals surface area contributed by atoms with Gasteiger partial charge in [0.2, 0.25) is 10.0 Å². The van der Waals surface area contributed by atoms with Crippen LogP contribution in [0.4, 0.5) is 0 Å². The molecule has 19 heavy (non-hydrogen) atoms. The largest absolute Gasteiger partial charge is 0.465 e. The molecule has 1 heterocycles. The Hall–Kier alpha value is -1.44. The van der Waals surface area contributed by atoms with Crippen molar-refractivity contribution in [1.82, 2.24) is 4.31 Å². The molecule has 2 rings (SSSR count). The molecule has 1 aliphatic rings. The molecule has 1 aromatic carbocycles. The lowest BCUT2D eigenvalue weighted by Crippen LogP contribution is -2.51. The van der Waals surface area contributed by atoms with Gasteiger partial charge in [-0.1, -0.05) is 0 Å². The van der Waals surface area contributed by atoms with Gasteiger partial charge in [0.25, 0.3) is 0 Å². The summed E-state index contributed by atoms with van der Waals surface area (Å²) >= 11 is 0. The predicted octanol–water partition coefficient (Wildman–Crippen LogP) is 0.0860. The smallest absolute Gasteiger partial charge is 0.337 e. The average molecular weight is 285 g/mol. The first kappa shape index (κ1) is 14.0. The number of esters is 1. The highest BCUT2D eigenvalue weighted by atomic mass is 32.2. The maximum absolute atomic E-state index is 12.2. The highest BCUT2D eigenvalue weighted by Crippen LogP contribution is 2.24. The number of rotatable bonds is 4. The van der Waals surface area contributed by atoms with E-state index < -0.39 is 16.0 Å². The number of nitrogens with zero attached hydrogens (tertiary/aromatic N) is 1. The van der Waals surface area contributed by atoms with Gasteiger partial charge in [0, 0.05) is 25.6 Å². The molecule has 0 aromatic heterocycles. The van der Waals surface area contributed by atoms with Crippen molar-refractivity contribution in [2.24, 2.45) is 5.92 Å². The van der Waals surface area contributed by atoms with Crippen LogP contribution in [0.15, 0.2) is 29.2 Å². The molecular formula is C12H15NO5S. The summed E-state index contributed by atoms with van der Waals surface area (Å²) in [5.41, 5.74) is 0.304. The average Bonchev–Trinajstić information content (AvgIpc) is 2.36. The summed E-state index contributed by atoms with van der Waals surface area (Å²) in [5.74, 6) is -0.489. The Labute approximate surface area is 111 Å². The molecule has 1 fully saturated rings. The second-order valence-electron chi connectivity index (χ2n) is 4.39. The fraction of sp³-hybridized carbons (Fsp3) is 0.417. The molecule has 1 N–H and O–H groups in total. The van der Waals surface area contributed by atoms with E-state index in [1.165, 1.54) is 35.7 Å². The van der Waals surface area contributed by atoms with Crippen LogP contribution in [-0.2, 0) is 14.8 Å². The van der Waals surface area contributed by atoms with Crippen LogP contribution in [0.1, 0.15) is 10.4 Å².